The molecular weight excluding hydrogens is 518 g/mol. The van der Waals surface area contributed by atoms with Crippen molar-refractivity contribution in [2.24, 2.45) is 5.92 Å². The van der Waals surface area contributed by atoms with Crippen LogP contribution in [0.4, 0.5) is 34.9 Å². The summed E-state index contributed by atoms with van der Waals surface area (Å²) in [4.78, 5) is 37.1. The van der Waals surface area contributed by atoms with Crippen LogP contribution in [0.1, 0.15) is 24.8 Å². The first-order valence-electron chi connectivity index (χ1n) is 11.7. The quantitative estimate of drug-likeness (QED) is 0.497. The number of hydrogen-bond acceptors (Lipinski definition) is 7. The molecule has 4 N–H and O–H groups in total. The molecule has 2 aromatic rings. The molecule has 14 heteroatoms. The van der Waals surface area contributed by atoms with E-state index < -0.39 is 35.6 Å². The Bertz CT molecular complexity index is 1180. The molecule has 3 unspecified atom stereocenters. The van der Waals surface area contributed by atoms with Gasteiger partial charge in [0, 0.05) is 37.4 Å². The van der Waals surface area contributed by atoms with E-state index in [0.717, 1.165) is 18.5 Å². The largest absolute Gasteiger partial charge is 0.416 e. The second kappa shape index (κ2) is 10.6. The highest BCUT2D eigenvalue weighted by atomic mass is 35.5. The second-order valence-corrected chi connectivity index (χ2v) is 9.45. The molecule has 0 aliphatic carbocycles. The molecule has 3 heterocycles. The van der Waals surface area contributed by atoms with Crippen molar-refractivity contribution in [3.8, 4) is 0 Å². The van der Waals surface area contributed by atoms with E-state index in [0.29, 0.717) is 32.4 Å². The Balaban J connectivity index is 1.59. The molecule has 0 bridgehead atoms. The van der Waals surface area contributed by atoms with Crippen molar-refractivity contribution in [2.45, 2.75) is 37.5 Å². The number of nitrogens with one attached hydrogen (secondary N) is 2. The zero-order valence-electron chi connectivity index (χ0n) is 19.9. The van der Waals surface area contributed by atoms with Crippen LogP contribution >= 0.6 is 11.6 Å². The summed E-state index contributed by atoms with van der Waals surface area (Å²) in [5, 5.41) is 5.38. The Kier molecular flexibility index (Phi) is 7.62. The fourth-order valence-electron chi connectivity index (χ4n) is 4.93. The highest BCUT2D eigenvalue weighted by Gasteiger charge is 2.43. The van der Waals surface area contributed by atoms with Crippen molar-refractivity contribution in [3.63, 3.8) is 0 Å². The molecule has 2 aliphatic rings. The lowest BCUT2D eigenvalue weighted by atomic mass is 9.87. The number of amides is 2. The number of piperidine rings is 2. The zero-order chi connectivity index (χ0) is 26.9. The molecule has 0 radical (unpaired) electrons. The van der Waals surface area contributed by atoms with Gasteiger partial charge in [0.2, 0.25) is 17.6 Å². The van der Waals surface area contributed by atoms with Gasteiger partial charge in [0.05, 0.1) is 17.5 Å². The molecule has 2 fully saturated rings. The van der Waals surface area contributed by atoms with Crippen molar-refractivity contribution in [3.05, 3.63) is 40.9 Å². The van der Waals surface area contributed by atoms with Crippen LogP contribution in [-0.4, -0.2) is 65.4 Å². The first-order chi connectivity index (χ1) is 17.5. The molecule has 0 spiro atoms. The van der Waals surface area contributed by atoms with Gasteiger partial charge in [0.15, 0.2) is 11.6 Å². The van der Waals surface area contributed by atoms with E-state index in [4.69, 9.17) is 17.3 Å². The van der Waals surface area contributed by atoms with Crippen LogP contribution in [0.3, 0.4) is 0 Å². The third-order valence-electron chi connectivity index (χ3n) is 6.70. The number of hydrogen-bond donors (Lipinski definition) is 3. The summed E-state index contributed by atoms with van der Waals surface area (Å²) in [5.41, 5.74) is 4.72. The van der Waals surface area contributed by atoms with Crippen LogP contribution in [0.25, 0.3) is 0 Å². The summed E-state index contributed by atoms with van der Waals surface area (Å²) >= 11 is 5.89. The van der Waals surface area contributed by atoms with Crippen molar-refractivity contribution >= 4 is 40.7 Å². The summed E-state index contributed by atoms with van der Waals surface area (Å²) in [5.74, 6) is -2.33. The smallest absolute Gasteiger partial charge is 0.381 e. The summed E-state index contributed by atoms with van der Waals surface area (Å²) in [6.45, 7) is 0.745. The third-order valence-corrected chi connectivity index (χ3v) is 6.92. The third kappa shape index (κ3) is 5.65. The number of benzene rings is 1. The van der Waals surface area contributed by atoms with Crippen molar-refractivity contribution in [1.82, 2.24) is 20.2 Å². The molecule has 2 saturated heterocycles. The van der Waals surface area contributed by atoms with E-state index in [1.165, 1.54) is 13.1 Å². The number of aromatic nitrogens is 2. The highest BCUT2D eigenvalue weighted by Crippen LogP contribution is 2.35. The van der Waals surface area contributed by atoms with Crippen LogP contribution in [0, 0.1) is 11.7 Å². The van der Waals surface area contributed by atoms with Crippen molar-refractivity contribution in [1.29, 1.82) is 0 Å². The van der Waals surface area contributed by atoms with Crippen LogP contribution in [-0.2, 0) is 15.8 Å². The van der Waals surface area contributed by atoms with Gasteiger partial charge in [0.1, 0.15) is 12.4 Å². The minimum atomic E-state index is -4.60. The van der Waals surface area contributed by atoms with Gasteiger partial charge in [0.25, 0.3) is 0 Å². The summed E-state index contributed by atoms with van der Waals surface area (Å²) in [6.07, 6.45) is -2.22. The lowest BCUT2D eigenvalue weighted by Crippen LogP contribution is -2.61. The van der Waals surface area contributed by atoms with Crippen LogP contribution in [0.5, 0.6) is 0 Å². The molecule has 1 aromatic carbocycles. The summed E-state index contributed by atoms with van der Waals surface area (Å²) in [7, 11) is 1.50. The predicted molar refractivity (Wildman–Crippen MR) is 129 cm³/mol. The second-order valence-electron chi connectivity index (χ2n) is 9.02. The number of carbonyl (C=O) groups is 2. The molecule has 200 valence electrons. The highest BCUT2D eigenvalue weighted by molar-refractivity contribution is 6.31. The molecule has 37 heavy (non-hydrogen) atoms. The number of nitrogens with two attached hydrogens (primary N) is 1. The minimum absolute atomic E-state index is 0.0226. The minimum Gasteiger partial charge on any atom is -0.381 e. The lowest BCUT2D eigenvalue weighted by molar-refractivity contribution is -0.140. The van der Waals surface area contributed by atoms with Gasteiger partial charge in [-0.15, -0.1) is 0 Å². The zero-order valence-corrected chi connectivity index (χ0v) is 20.6. The van der Waals surface area contributed by atoms with Gasteiger partial charge in [-0.3, -0.25) is 9.59 Å². The van der Waals surface area contributed by atoms with Crippen LogP contribution in [0.2, 0.25) is 5.02 Å². The predicted octanol–water partition coefficient (Wildman–Crippen LogP) is 2.91. The molecule has 2 amide bonds. The molecule has 2 aliphatic heterocycles. The van der Waals surface area contributed by atoms with Gasteiger partial charge < -0.3 is 26.2 Å². The standard InChI is InChI=1S/C23H26ClF4N7O2/c1-30-21(36)15-4-6-34(20-18(25)19(29)31-11-32-20)10-17(15)35-5-2-3-16(22(35)37)33-14-8-12(23(26,27)28)7-13(24)9-14/h7-9,11,15-17,33H,2-6,10H2,1H3,(H,30,36)(H2,29,31,32). The van der Waals surface area contributed by atoms with Gasteiger partial charge >= 0.3 is 6.18 Å². The molecule has 9 nitrogen and oxygen atoms in total. The maximum atomic E-state index is 14.7. The van der Waals surface area contributed by atoms with E-state index in [2.05, 4.69) is 20.6 Å². The Morgan fingerprint density at radius 3 is 2.65 bits per heavy atom. The van der Waals surface area contributed by atoms with E-state index in [1.807, 2.05) is 0 Å². The normalized spacial score (nSPS) is 22.6. The number of nitrogen functional groups attached to an aromatic ring is 1. The monoisotopic (exact) mass is 543 g/mol. The fourth-order valence-corrected chi connectivity index (χ4v) is 5.16. The first-order valence-corrected chi connectivity index (χ1v) is 12.0. The fraction of sp³-hybridized carbons (Fsp3) is 0.478. The SMILES string of the molecule is CNC(=O)C1CCN(c2ncnc(N)c2F)CC1N1CCCC(Nc2cc(Cl)cc(C(F)(F)F)c2)C1=O. The van der Waals surface area contributed by atoms with E-state index >= 15 is 0 Å². The Morgan fingerprint density at radius 2 is 1.95 bits per heavy atom. The Hall–Kier alpha value is -3.35. The van der Waals surface area contributed by atoms with Gasteiger partial charge in [-0.2, -0.15) is 17.6 Å². The summed E-state index contributed by atoms with van der Waals surface area (Å²) < 4.78 is 54.4. The number of anilines is 3. The Labute approximate surface area is 215 Å². The average Bonchev–Trinajstić information content (AvgIpc) is 2.85. The van der Waals surface area contributed by atoms with Gasteiger partial charge in [-0.25, -0.2) is 9.97 Å². The Morgan fingerprint density at radius 1 is 1.19 bits per heavy atom. The topological polar surface area (TPSA) is 116 Å². The summed E-state index contributed by atoms with van der Waals surface area (Å²) in [6, 6.07) is 1.56. The average molecular weight is 544 g/mol. The van der Waals surface area contributed by atoms with E-state index in [-0.39, 0.29) is 40.7 Å². The van der Waals surface area contributed by atoms with E-state index in [1.54, 1.807) is 9.80 Å². The number of alkyl halides is 3. The molecular formula is C23H26ClF4N7O2. The maximum Gasteiger partial charge on any atom is 0.416 e. The lowest BCUT2D eigenvalue weighted by Gasteiger charge is -2.46. The number of nitrogens with zero attached hydrogens (tertiary/aromatic N) is 4. The van der Waals surface area contributed by atoms with Gasteiger partial charge in [-0.05, 0) is 37.5 Å². The van der Waals surface area contributed by atoms with Crippen LogP contribution in [0.15, 0.2) is 24.5 Å². The molecule has 1 aromatic heterocycles. The van der Waals surface area contributed by atoms with Crippen molar-refractivity contribution < 1.29 is 27.2 Å². The van der Waals surface area contributed by atoms with Gasteiger partial charge in [-0.1, -0.05) is 11.6 Å². The van der Waals surface area contributed by atoms with Crippen molar-refractivity contribution in [2.75, 3.05) is 42.6 Å². The molecule has 3 atom stereocenters. The molecule has 0 saturated carbocycles. The maximum absolute atomic E-state index is 14.7. The number of halogens is 5. The number of carbonyl (C=O) groups excluding carboxylic acids is 2. The molecule has 4 rings (SSSR count). The number of rotatable bonds is 5. The first kappa shape index (κ1) is 26.7. The number of likely N-dealkylation sites (tertiary alicyclic amines) is 1. The van der Waals surface area contributed by atoms with E-state index in [9.17, 15) is 27.2 Å². The van der Waals surface area contributed by atoms with Crippen LogP contribution < -0.4 is 21.3 Å².